The molecule has 1 aliphatic heterocycles. The minimum absolute atomic E-state index is 0.385. The van der Waals surface area contributed by atoms with Gasteiger partial charge in [0, 0.05) is 36.9 Å². The quantitative estimate of drug-likeness (QED) is 0.809. The number of halogens is 4. The molecule has 0 aliphatic carbocycles. The third kappa shape index (κ3) is 3.82. The summed E-state index contributed by atoms with van der Waals surface area (Å²) in [6, 6.07) is 8.59. The van der Waals surface area contributed by atoms with Crippen molar-refractivity contribution in [2.45, 2.75) is 0 Å². The standard InChI is InChI=1S/C17H15ClF3N3O/c18-11-1-3-12(4-2-11)23-7-9-24(10-8-23)17(25)22-14-6-5-13(19)15(20)16(14)21/h1-6H,7-10H2,(H,22,25). The Labute approximate surface area is 147 Å². The first-order valence-electron chi connectivity index (χ1n) is 7.65. The number of anilines is 2. The first kappa shape index (κ1) is 17.4. The molecule has 2 aromatic rings. The van der Waals surface area contributed by atoms with Gasteiger partial charge in [-0.1, -0.05) is 11.6 Å². The average Bonchev–Trinajstić information content (AvgIpc) is 2.63. The van der Waals surface area contributed by atoms with Crippen LogP contribution in [0.5, 0.6) is 0 Å². The predicted molar refractivity (Wildman–Crippen MR) is 90.6 cm³/mol. The van der Waals surface area contributed by atoms with Crippen molar-refractivity contribution in [3.05, 3.63) is 58.9 Å². The largest absolute Gasteiger partial charge is 0.368 e. The summed E-state index contributed by atoms with van der Waals surface area (Å²) in [5, 5.41) is 2.93. The molecular weight excluding hydrogens is 355 g/mol. The first-order valence-corrected chi connectivity index (χ1v) is 8.03. The van der Waals surface area contributed by atoms with Gasteiger partial charge in [0.15, 0.2) is 17.5 Å². The third-order valence-electron chi connectivity index (χ3n) is 4.04. The van der Waals surface area contributed by atoms with Crippen LogP contribution in [0.3, 0.4) is 0 Å². The minimum atomic E-state index is -1.61. The maximum atomic E-state index is 13.6. The van der Waals surface area contributed by atoms with E-state index in [1.165, 1.54) is 4.90 Å². The van der Waals surface area contributed by atoms with Crippen molar-refractivity contribution in [2.75, 3.05) is 36.4 Å². The van der Waals surface area contributed by atoms with E-state index in [9.17, 15) is 18.0 Å². The van der Waals surface area contributed by atoms with Gasteiger partial charge in [0.05, 0.1) is 5.69 Å². The summed E-state index contributed by atoms with van der Waals surface area (Å²) in [6.07, 6.45) is 0. The number of nitrogens with one attached hydrogen (secondary N) is 1. The first-order chi connectivity index (χ1) is 12.0. The van der Waals surface area contributed by atoms with Crippen LogP contribution in [0, 0.1) is 17.5 Å². The summed E-state index contributed by atoms with van der Waals surface area (Å²) < 4.78 is 39.8. The number of amides is 2. The molecule has 2 aromatic carbocycles. The Balaban J connectivity index is 1.60. The van der Waals surface area contributed by atoms with E-state index < -0.39 is 23.5 Å². The van der Waals surface area contributed by atoms with Crippen LogP contribution in [-0.4, -0.2) is 37.1 Å². The normalized spacial score (nSPS) is 14.6. The van der Waals surface area contributed by atoms with Crippen molar-refractivity contribution in [3.8, 4) is 0 Å². The van der Waals surface area contributed by atoms with Gasteiger partial charge in [-0.05, 0) is 36.4 Å². The Hall–Kier alpha value is -2.41. The number of rotatable bonds is 2. The zero-order chi connectivity index (χ0) is 18.0. The lowest BCUT2D eigenvalue weighted by Crippen LogP contribution is -2.50. The zero-order valence-corrected chi connectivity index (χ0v) is 13.9. The van der Waals surface area contributed by atoms with Crippen LogP contribution in [0.15, 0.2) is 36.4 Å². The summed E-state index contributed by atoms with van der Waals surface area (Å²) in [6.45, 7) is 2.02. The van der Waals surface area contributed by atoms with Gasteiger partial charge in [-0.3, -0.25) is 0 Å². The lowest BCUT2D eigenvalue weighted by molar-refractivity contribution is 0.208. The van der Waals surface area contributed by atoms with Crippen LogP contribution in [0.25, 0.3) is 0 Å². The molecule has 0 radical (unpaired) electrons. The second kappa shape index (κ2) is 7.23. The fraction of sp³-hybridized carbons (Fsp3) is 0.235. The number of hydrogen-bond donors (Lipinski definition) is 1. The number of hydrogen-bond acceptors (Lipinski definition) is 2. The van der Waals surface area contributed by atoms with Crippen LogP contribution in [0.4, 0.5) is 29.3 Å². The van der Waals surface area contributed by atoms with Gasteiger partial charge >= 0.3 is 6.03 Å². The average molecular weight is 370 g/mol. The second-order valence-corrected chi connectivity index (χ2v) is 6.04. The summed E-state index contributed by atoms with van der Waals surface area (Å²) >= 11 is 5.87. The molecule has 1 N–H and O–H groups in total. The molecule has 0 atom stereocenters. The maximum absolute atomic E-state index is 13.6. The molecule has 1 aliphatic rings. The van der Waals surface area contributed by atoms with Crippen LogP contribution in [0.1, 0.15) is 0 Å². The Bertz CT molecular complexity index is 777. The fourth-order valence-corrected chi connectivity index (χ4v) is 2.76. The van der Waals surface area contributed by atoms with Crippen molar-refractivity contribution in [2.24, 2.45) is 0 Å². The number of piperazine rings is 1. The van der Waals surface area contributed by atoms with Gasteiger partial charge in [0.2, 0.25) is 0 Å². The third-order valence-corrected chi connectivity index (χ3v) is 4.29. The van der Waals surface area contributed by atoms with Crippen molar-refractivity contribution < 1.29 is 18.0 Å². The molecule has 0 saturated carbocycles. The van der Waals surface area contributed by atoms with E-state index in [0.717, 1.165) is 17.8 Å². The lowest BCUT2D eigenvalue weighted by atomic mass is 10.2. The number of carbonyl (C=O) groups is 1. The molecule has 1 fully saturated rings. The smallest absolute Gasteiger partial charge is 0.322 e. The maximum Gasteiger partial charge on any atom is 0.322 e. The molecular formula is C17H15ClF3N3O. The number of carbonyl (C=O) groups excluding carboxylic acids is 1. The monoisotopic (exact) mass is 369 g/mol. The summed E-state index contributed by atoms with van der Waals surface area (Å²) in [5.41, 5.74) is 0.611. The van der Waals surface area contributed by atoms with Gasteiger partial charge in [0.25, 0.3) is 0 Å². The van der Waals surface area contributed by atoms with Crippen molar-refractivity contribution in [3.63, 3.8) is 0 Å². The van der Waals surface area contributed by atoms with E-state index in [0.29, 0.717) is 31.2 Å². The van der Waals surface area contributed by atoms with Crippen LogP contribution < -0.4 is 10.2 Å². The highest BCUT2D eigenvalue weighted by Crippen LogP contribution is 2.22. The van der Waals surface area contributed by atoms with Gasteiger partial charge in [-0.2, -0.15) is 0 Å². The second-order valence-electron chi connectivity index (χ2n) is 5.60. The molecule has 0 unspecified atom stereocenters. The Morgan fingerprint density at radius 3 is 2.20 bits per heavy atom. The molecule has 25 heavy (non-hydrogen) atoms. The topological polar surface area (TPSA) is 35.6 Å². The Morgan fingerprint density at radius 2 is 1.56 bits per heavy atom. The van der Waals surface area contributed by atoms with Gasteiger partial charge in [-0.25, -0.2) is 18.0 Å². The van der Waals surface area contributed by atoms with Crippen molar-refractivity contribution in [1.29, 1.82) is 0 Å². The van der Waals surface area contributed by atoms with E-state index in [1.54, 1.807) is 12.1 Å². The molecule has 8 heteroatoms. The summed E-state index contributed by atoms with van der Waals surface area (Å²) in [4.78, 5) is 15.8. The number of urea groups is 1. The van der Waals surface area contributed by atoms with Crippen LogP contribution >= 0.6 is 11.6 Å². The number of nitrogens with zero attached hydrogens (tertiary/aromatic N) is 2. The van der Waals surface area contributed by atoms with Crippen LogP contribution in [0.2, 0.25) is 5.02 Å². The summed E-state index contributed by atoms with van der Waals surface area (Å²) in [7, 11) is 0. The van der Waals surface area contributed by atoms with Gasteiger partial charge < -0.3 is 15.1 Å². The van der Waals surface area contributed by atoms with Crippen LogP contribution in [-0.2, 0) is 0 Å². The van der Waals surface area contributed by atoms with E-state index in [-0.39, 0.29) is 5.69 Å². The van der Waals surface area contributed by atoms with Crippen molar-refractivity contribution >= 4 is 29.0 Å². The fourth-order valence-electron chi connectivity index (χ4n) is 2.64. The highest BCUT2D eigenvalue weighted by molar-refractivity contribution is 6.30. The van der Waals surface area contributed by atoms with Crippen molar-refractivity contribution in [1.82, 2.24) is 4.90 Å². The Kier molecular flexibility index (Phi) is 5.03. The van der Waals surface area contributed by atoms with Gasteiger partial charge in [0.1, 0.15) is 0 Å². The summed E-state index contributed by atoms with van der Waals surface area (Å²) in [5.74, 6) is -4.31. The molecule has 0 aromatic heterocycles. The SMILES string of the molecule is O=C(Nc1ccc(F)c(F)c1F)N1CCN(c2ccc(Cl)cc2)CC1. The molecule has 1 heterocycles. The molecule has 4 nitrogen and oxygen atoms in total. The molecule has 0 bridgehead atoms. The van der Waals surface area contributed by atoms with E-state index in [4.69, 9.17) is 11.6 Å². The van der Waals surface area contributed by atoms with E-state index in [1.807, 2.05) is 12.1 Å². The lowest BCUT2D eigenvalue weighted by Gasteiger charge is -2.36. The minimum Gasteiger partial charge on any atom is -0.368 e. The highest BCUT2D eigenvalue weighted by atomic mass is 35.5. The van der Waals surface area contributed by atoms with Gasteiger partial charge in [-0.15, -0.1) is 0 Å². The highest BCUT2D eigenvalue weighted by Gasteiger charge is 2.23. The molecule has 2 amide bonds. The molecule has 0 spiro atoms. The molecule has 132 valence electrons. The van der Waals surface area contributed by atoms with E-state index in [2.05, 4.69) is 10.2 Å². The predicted octanol–water partition coefficient (Wildman–Crippen LogP) is 4.11. The zero-order valence-electron chi connectivity index (χ0n) is 13.1. The number of benzene rings is 2. The molecule has 1 saturated heterocycles. The van der Waals surface area contributed by atoms with E-state index >= 15 is 0 Å². The molecule has 3 rings (SSSR count). The Morgan fingerprint density at radius 1 is 0.920 bits per heavy atom.